The van der Waals surface area contributed by atoms with Crippen LogP contribution in [0.3, 0.4) is 0 Å². The van der Waals surface area contributed by atoms with E-state index in [9.17, 15) is 9.59 Å². The second kappa shape index (κ2) is 5.53. The van der Waals surface area contributed by atoms with E-state index in [1.54, 1.807) is 6.92 Å². The smallest absolute Gasteiger partial charge is 0.309 e. The van der Waals surface area contributed by atoms with E-state index in [2.05, 4.69) is 4.74 Å². The maximum Gasteiger partial charge on any atom is 0.309 e. The normalized spacial score (nSPS) is 14.7. The van der Waals surface area contributed by atoms with Crippen LogP contribution in [0.15, 0.2) is 0 Å². The lowest BCUT2D eigenvalue weighted by atomic mass is 10.0. The summed E-state index contributed by atoms with van der Waals surface area (Å²) in [6, 6.07) is 0. The van der Waals surface area contributed by atoms with Crippen LogP contribution in [0.5, 0.6) is 0 Å². The first-order valence-corrected chi connectivity index (χ1v) is 4.05. The monoisotopic (exact) mass is 190 g/mol. The minimum absolute atomic E-state index is 0.213. The van der Waals surface area contributed by atoms with Gasteiger partial charge in [-0.3, -0.25) is 9.59 Å². The Balaban J connectivity index is 4.10. The van der Waals surface area contributed by atoms with E-state index in [-0.39, 0.29) is 13.0 Å². The number of hydrogen-bond acceptors (Lipinski definition) is 4. The van der Waals surface area contributed by atoms with Crippen LogP contribution in [-0.4, -0.2) is 34.9 Å². The molecule has 0 spiro atoms. The summed E-state index contributed by atoms with van der Waals surface area (Å²) < 4.78 is 4.56. The molecule has 0 bridgehead atoms. The molecule has 2 unspecified atom stereocenters. The molecule has 13 heavy (non-hydrogen) atoms. The fourth-order valence-corrected chi connectivity index (χ4v) is 0.864. The molecule has 0 fully saturated rings. The Morgan fingerprint density at radius 1 is 1.46 bits per heavy atom. The van der Waals surface area contributed by atoms with E-state index in [1.165, 1.54) is 6.92 Å². The molecule has 5 heteroatoms. The van der Waals surface area contributed by atoms with Gasteiger partial charge < -0.3 is 14.9 Å². The summed E-state index contributed by atoms with van der Waals surface area (Å²) in [5.41, 5.74) is 0. The number of carbonyl (C=O) groups is 2. The van der Waals surface area contributed by atoms with E-state index >= 15 is 0 Å². The van der Waals surface area contributed by atoms with Crippen LogP contribution in [0.1, 0.15) is 20.3 Å². The molecule has 0 saturated heterocycles. The molecule has 0 aromatic rings. The van der Waals surface area contributed by atoms with Crippen molar-refractivity contribution in [3.8, 4) is 0 Å². The second-order valence-electron chi connectivity index (χ2n) is 2.69. The number of hydrogen-bond donors (Lipinski definition) is 2. The molecule has 0 aliphatic rings. The minimum Gasteiger partial charge on any atom is -0.481 e. The highest BCUT2D eigenvalue weighted by molar-refractivity contribution is 5.79. The van der Waals surface area contributed by atoms with Crippen molar-refractivity contribution in [1.82, 2.24) is 0 Å². The van der Waals surface area contributed by atoms with Crippen molar-refractivity contribution in [3.05, 3.63) is 0 Å². The van der Waals surface area contributed by atoms with Crippen molar-refractivity contribution in [2.75, 3.05) is 6.61 Å². The summed E-state index contributed by atoms with van der Waals surface area (Å²) in [6.07, 6.45) is -1.34. The molecule has 0 saturated carbocycles. The summed E-state index contributed by atoms with van der Waals surface area (Å²) in [5.74, 6) is -2.88. The van der Waals surface area contributed by atoms with Crippen LogP contribution in [-0.2, 0) is 14.3 Å². The van der Waals surface area contributed by atoms with Crippen molar-refractivity contribution in [2.45, 2.75) is 26.4 Å². The summed E-state index contributed by atoms with van der Waals surface area (Å²) in [5, 5.41) is 17.6. The number of carboxylic acid groups (broad SMARTS) is 1. The van der Waals surface area contributed by atoms with Gasteiger partial charge in [0.1, 0.15) is 0 Å². The first-order chi connectivity index (χ1) is 5.99. The van der Waals surface area contributed by atoms with Gasteiger partial charge in [-0.1, -0.05) is 0 Å². The van der Waals surface area contributed by atoms with E-state index in [4.69, 9.17) is 10.2 Å². The molecule has 0 aromatic carbocycles. The van der Waals surface area contributed by atoms with Gasteiger partial charge in [0.2, 0.25) is 0 Å². The Kier molecular flexibility index (Phi) is 5.06. The van der Waals surface area contributed by atoms with E-state index < -0.39 is 24.0 Å². The van der Waals surface area contributed by atoms with Crippen molar-refractivity contribution in [1.29, 1.82) is 0 Å². The highest BCUT2D eigenvalue weighted by Gasteiger charge is 2.26. The largest absolute Gasteiger partial charge is 0.481 e. The predicted molar refractivity (Wildman–Crippen MR) is 44.1 cm³/mol. The molecule has 0 rings (SSSR count). The third-order valence-electron chi connectivity index (χ3n) is 1.59. The van der Waals surface area contributed by atoms with Gasteiger partial charge in [-0.15, -0.1) is 0 Å². The van der Waals surface area contributed by atoms with E-state index in [0.717, 1.165) is 0 Å². The SMILES string of the molecule is CCOC(=O)CC(C(=O)O)C(C)O. The van der Waals surface area contributed by atoms with Crippen molar-refractivity contribution in [3.63, 3.8) is 0 Å². The Morgan fingerprint density at radius 2 is 2.00 bits per heavy atom. The van der Waals surface area contributed by atoms with Crippen molar-refractivity contribution < 1.29 is 24.5 Å². The van der Waals surface area contributed by atoms with Gasteiger partial charge in [0.05, 0.1) is 25.0 Å². The summed E-state index contributed by atoms with van der Waals surface area (Å²) in [4.78, 5) is 21.4. The molecule has 0 radical (unpaired) electrons. The van der Waals surface area contributed by atoms with Crippen LogP contribution < -0.4 is 0 Å². The van der Waals surface area contributed by atoms with Gasteiger partial charge in [-0.25, -0.2) is 0 Å². The Hall–Kier alpha value is -1.10. The maximum atomic E-state index is 10.9. The van der Waals surface area contributed by atoms with Gasteiger partial charge in [-0.05, 0) is 13.8 Å². The van der Waals surface area contributed by atoms with Crippen LogP contribution in [0.4, 0.5) is 0 Å². The van der Waals surface area contributed by atoms with Gasteiger partial charge in [-0.2, -0.15) is 0 Å². The maximum absolute atomic E-state index is 10.9. The molecule has 0 aromatic heterocycles. The Labute approximate surface area is 76.3 Å². The second-order valence-corrected chi connectivity index (χ2v) is 2.69. The third-order valence-corrected chi connectivity index (χ3v) is 1.59. The average Bonchev–Trinajstić information content (AvgIpc) is 1.99. The number of carbonyl (C=O) groups excluding carboxylic acids is 1. The quantitative estimate of drug-likeness (QED) is 0.597. The predicted octanol–water partition coefficient (Wildman–Crippen LogP) is 0.0212. The Morgan fingerprint density at radius 3 is 2.31 bits per heavy atom. The van der Waals surface area contributed by atoms with Gasteiger partial charge >= 0.3 is 11.9 Å². The molecular weight excluding hydrogens is 176 g/mol. The number of carboxylic acids is 1. The number of rotatable bonds is 5. The average molecular weight is 190 g/mol. The molecule has 2 N–H and O–H groups in total. The number of aliphatic carboxylic acids is 1. The van der Waals surface area contributed by atoms with Gasteiger partial charge in [0, 0.05) is 0 Å². The molecule has 76 valence electrons. The molecule has 2 atom stereocenters. The zero-order valence-corrected chi connectivity index (χ0v) is 7.69. The molecule has 0 aliphatic carbocycles. The Bertz CT molecular complexity index is 187. The fraction of sp³-hybridized carbons (Fsp3) is 0.750. The molecule has 0 heterocycles. The number of ether oxygens (including phenoxy) is 1. The number of esters is 1. The lowest BCUT2D eigenvalue weighted by Crippen LogP contribution is -2.28. The molecule has 0 aliphatic heterocycles. The summed E-state index contributed by atoms with van der Waals surface area (Å²) in [7, 11) is 0. The van der Waals surface area contributed by atoms with Crippen LogP contribution in [0.2, 0.25) is 0 Å². The minimum atomic E-state index is -1.19. The molecular formula is C8H14O5. The zero-order valence-electron chi connectivity index (χ0n) is 7.69. The zero-order chi connectivity index (χ0) is 10.4. The first kappa shape index (κ1) is 11.9. The van der Waals surface area contributed by atoms with Gasteiger partial charge in [0.15, 0.2) is 0 Å². The van der Waals surface area contributed by atoms with E-state index in [1.807, 2.05) is 0 Å². The van der Waals surface area contributed by atoms with E-state index in [0.29, 0.717) is 0 Å². The van der Waals surface area contributed by atoms with Crippen LogP contribution >= 0.6 is 0 Å². The summed E-state index contributed by atoms with van der Waals surface area (Å²) in [6.45, 7) is 3.18. The summed E-state index contributed by atoms with van der Waals surface area (Å²) >= 11 is 0. The molecule has 0 amide bonds. The first-order valence-electron chi connectivity index (χ1n) is 4.05. The number of aliphatic hydroxyl groups excluding tert-OH is 1. The number of aliphatic hydroxyl groups is 1. The lowest BCUT2D eigenvalue weighted by molar-refractivity contribution is -0.154. The lowest BCUT2D eigenvalue weighted by Gasteiger charge is -2.13. The molecule has 5 nitrogen and oxygen atoms in total. The topological polar surface area (TPSA) is 83.8 Å². The van der Waals surface area contributed by atoms with Crippen molar-refractivity contribution >= 4 is 11.9 Å². The standard InChI is InChI=1S/C8H14O5/c1-3-13-7(10)4-6(5(2)9)8(11)12/h5-6,9H,3-4H2,1-2H3,(H,11,12). The highest BCUT2D eigenvalue weighted by atomic mass is 16.5. The van der Waals surface area contributed by atoms with Crippen LogP contribution in [0, 0.1) is 5.92 Å². The third kappa shape index (κ3) is 4.47. The van der Waals surface area contributed by atoms with Crippen molar-refractivity contribution in [2.24, 2.45) is 5.92 Å². The van der Waals surface area contributed by atoms with Crippen LogP contribution in [0.25, 0.3) is 0 Å². The van der Waals surface area contributed by atoms with Gasteiger partial charge in [0.25, 0.3) is 0 Å². The highest BCUT2D eigenvalue weighted by Crippen LogP contribution is 2.10. The fourth-order valence-electron chi connectivity index (χ4n) is 0.864.